The van der Waals surface area contributed by atoms with E-state index < -0.39 is 0 Å². The maximum Gasteiger partial charge on any atom is 0.0580 e. The molecule has 2 bridgehead atoms. The lowest BCUT2D eigenvalue weighted by Crippen LogP contribution is -2.28. The highest BCUT2D eigenvalue weighted by Gasteiger charge is 2.33. The molecule has 1 heteroatoms. The summed E-state index contributed by atoms with van der Waals surface area (Å²) in [5.74, 6) is 1.40. The van der Waals surface area contributed by atoms with Crippen molar-refractivity contribution in [3.8, 4) is 0 Å². The zero-order valence-electron chi connectivity index (χ0n) is 6.46. The normalized spacial score (nSPS) is 38.5. The highest BCUT2D eigenvalue weighted by Crippen LogP contribution is 2.39. The second-order valence-corrected chi connectivity index (χ2v) is 3.56. The van der Waals surface area contributed by atoms with Crippen LogP contribution >= 0.6 is 0 Å². The van der Waals surface area contributed by atoms with Crippen LogP contribution in [0.4, 0.5) is 0 Å². The molecule has 0 saturated heterocycles. The van der Waals surface area contributed by atoms with E-state index in [0.29, 0.717) is 5.92 Å². The minimum atomic E-state index is 0.675. The Kier molecular flexibility index (Phi) is 0.965. The van der Waals surface area contributed by atoms with Gasteiger partial charge in [-0.3, -0.25) is 4.99 Å². The number of hydrogen-bond donors (Lipinski definition) is 0. The first-order chi connectivity index (χ1) is 5.45. The molecule has 0 aromatic rings. The van der Waals surface area contributed by atoms with E-state index in [1.54, 1.807) is 5.57 Å². The number of rotatable bonds is 0. The fourth-order valence-corrected chi connectivity index (χ4v) is 2.42. The fourth-order valence-electron chi connectivity index (χ4n) is 2.42. The Bertz CT molecular complexity index is 255. The Morgan fingerprint density at radius 1 is 1.18 bits per heavy atom. The van der Waals surface area contributed by atoms with E-state index in [9.17, 15) is 0 Å². The third kappa shape index (κ3) is 0.635. The SMILES string of the molecule is C1=CC2CCC1C1=CCN=C12. The summed E-state index contributed by atoms with van der Waals surface area (Å²) < 4.78 is 0. The molecule has 1 fully saturated rings. The van der Waals surface area contributed by atoms with Crippen LogP contribution in [0.5, 0.6) is 0 Å². The Morgan fingerprint density at radius 2 is 2.00 bits per heavy atom. The van der Waals surface area contributed by atoms with Gasteiger partial charge in [0, 0.05) is 17.5 Å². The average Bonchev–Trinajstić information content (AvgIpc) is 2.55. The van der Waals surface area contributed by atoms with Crippen molar-refractivity contribution in [3.05, 3.63) is 23.8 Å². The minimum Gasteiger partial charge on any atom is -0.285 e. The summed E-state index contributed by atoms with van der Waals surface area (Å²) in [7, 11) is 0. The molecule has 0 radical (unpaired) electrons. The predicted molar refractivity (Wildman–Crippen MR) is 45.7 cm³/mol. The average molecular weight is 145 g/mol. The molecule has 3 aliphatic carbocycles. The standard InChI is InChI=1S/C10H11N/c1-3-8-4-2-7(1)9-5-6-11-10(8)9/h1,3,5,7-8H,2,4,6H2. The van der Waals surface area contributed by atoms with E-state index in [0.717, 1.165) is 12.5 Å². The van der Waals surface area contributed by atoms with Crippen LogP contribution in [0.3, 0.4) is 0 Å². The van der Waals surface area contributed by atoms with E-state index >= 15 is 0 Å². The van der Waals surface area contributed by atoms with Gasteiger partial charge in [-0.05, 0) is 18.4 Å². The summed E-state index contributed by atoms with van der Waals surface area (Å²) in [6, 6.07) is 0. The van der Waals surface area contributed by atoms with Crippen LogP contribution in [0, 0.1) is 11.8 Å². The molecule has 1 aliphatic heterocycles. The fraction of sp³-hybridized carbons (Fsp3) is 0.500. The molecule has 0 spiro atoms. The van der Waals surface area contributed by atoms with Crippen molar-refractivity contribution in [1.29, 1.82) is 0 Å². The Hall–Kier alpha value is -0.850. The zero-order chi connectivity index (χ0) is 7.26. The zero-order valence-corrected chi connectivity index (χ0v) is 6.46. The lowest BCUT2D eigenvalue weighted by Gasteiger charge is -2.32. The molecule has 0 amide bonds. The van der Waals surface area contributed by atoms with E-state index in [1.165, 1.54) is 18.6 Å². The molecule has 56 valence electrons. The van der Waals surface area contributed by atoms with E-state index in [2.05, 4.69) is 23.2 Å². The molecule has 2 unspecified atom stereocenters. The van der Waals surface area contributed by atoms with Crippen molar-refractivity contribution < 1.29 is 0 Å². The van der Waals surface area contributed by atoms with E-state index in [4.69, 9.17) is 0 Å². The number of nitrogens with zero attached hydrogens (tertiary/aromatic N) is 1. The summed E-state index contributed by atoms with van der Waals surface area (Å²) in [4.78, 5) is 4.51. The second kappa shape index (κ2) is 1.84. The molecule has 4 aliphatic rings. The molecule has 0 N–H and O–H groups in total. The van der Waals surface area contributed by atoms with Crippen molar-refractivity contribution in [2.45, 2.75) is 12.8 Å². The summed E-state index contributed by atoms with van der Waals surface area (Å²) in [5, 5.41) is 0. The van der Waals surface area contributed by atoms with Gasteiger partial charge in [0.1, 0.15) is 0 Å². The van der Waals surface area contributed by atoms with Gasteiger partial charge >= 0.3 is 0 Å². The monoisotopic (exact) mass is 145 g/mol. The van der Waals surface area contributed by atoms with Crippen molar-refractivity contribution in [3.63, 3.8) is 0 Å². The van der Waals surface area contributed by atoms with E-state index in [-0.39, 0.29) is 0 Å². The van der Waals surface area contributed by atoms with Gasteiger partial charge in [-0.15, -0.1) is 0 Å². The molecular weight excluding hydrogens is 134 g/mol. The number of fused-ring (bicyclic) bond motifs is 1. The first-order valence-electron chi connectivity index (χ1n) is 4.38. The van der Waals surface area contributed by atoms with Crippen molar-refractivity contribution in [2.24, 2.45) is 16.8 Å². The molecule has 0 aromatic carbocycles. The third-order valence-corrected chi connectivity index (χ3v) is 2.98. The highest BCUT2D eigenvalue weighted by atomic mass is 14.8. The van der Waals surface area contributed by atoms with E-state index in [1.807, 2.05) is 0 Å². The van der Waals surface area contributed by atoms with Gasteiger partial charge in [0.05, 0.1) is 6.54 Å². The Morgan fingerprint density at radius 3 is 2.73 bits per heavy atom. The van der Waals surface area contributed by atoms with Gasteiger partial charge in [0.2, 0.25) is 0 Å². The lowest BCUT2D eigenvalue weighted by atomic mass is 9.72. The molecule has 1 nitrogen and oxygen atoms in total. The summed E-state index contributed by atoms with van der Waals surface area (Å²) in [5.41, 5.74) is 2.95. The second-order valence-electron chi connectivity index (χ2n) is 3.56. The third-order valence-electron chi connectivity index (χ3n) is 2.98. The highest BCUT2D eigenvalue weighted by molar-refractivity contribution is 6.06. The lowest BCUT2D eigenvalue weighted by molar-refractivity contribution is 0.538. The molecule has 1 heterocycles. The van der Waals surface area contributed by atoms with Gasteiger partial charge < -0.3 is 0 Å². The van der Waals surface area contributed by atoms with Crippen LogP contribution in [0.2, 0.25) is 0 Å². The quantitative estimate of drug-likeness (QED) is 0.462. The van der Waals surface area contributed by atoms with Crippen LogP contribution in [0.15, 0.2) is 28.8 Å². The number of aliphatic imine (C=N–C) groups is 1. The van der Waals surface area contributed by atoms with Crippen LogP contribution < -0.4 is 0 Å². The summed E-state index contributed by atoms with van der Waals surface area (Å²) in [6.07, 6.45) is 9.69. The van der Waals surface area contributed by atoms with Crippen molar-refractivity contribution >= 4 is 5.71 Å². The van der Waals surface area contributed by atoms with Crippen LogP contribution in [0.1, 0.15) is 12.8 Å². The minimum absolute atomic E-state index is 0.675. The van der Waals surface area contributed by atoms with Crippen LogP contribution in [0.25, 0.3) is 0 Å². The smallest absolute Gasteiger partial charge is 0.0580 e. The first kappa shape index (κ1) is 5.76. The number of allylic oxidation sites excluding steroid dienone is 3. The van der Waals surface area contributed by atoms with Crippen molar-refractivity contribution in [1.82, 2.24) is 0 Å². The molecule has 11 heavy (non-hydrogen) atoms. The topological polar surface area (TPSA) is 12.4 Å². The van der Waals surface area contributed by atoms with Crippen LogP contribution in [-0.2, 0) is 0 Å². The van der Waals surface area contributed by atoms with Gasteiger partial charge in [-0.25, -0.2) is 0 Å². The Balaban J connectivity index is 2.17. The molecule has 4 rings (SSSR count). The summed E-state index contributed by atoms with van der Waals surface area (Å²) >= 11 is 0. The Labute approximate surface area is 66.5 Å². The molecule has 2 atom stereocenters. The maximum atomic E-state index is 4.51. The molecule has 1 saturated carbocycles. The van der Waals surface area contributed by atoms with Gasteiger partial charge in [-0.1, -0.05) is 18.2 Å². The summed E-state index contributed by atoms with van der Waals surface area (Å²) in [6.45, 7) is 0.944. The molecule has 0 aromatic heterocycles. The largest absolute Gasteiger partial charge is 0.285 e. The maximum absolute atomic E-state index is 4.51. The molecular formula is C10H11N. The van der Waals surface area contributed by atoms with Gasteiger partial charge in [0.25, 0.3) is 0 Å². The first-order valence-corrected chi connectivity index (χ1v) is 4.38. The number of hydrogen-bond acceptors (Lipinski definition) is 1. The van der Waals surface area contributed by atoms with Gasteiger partial charge in [-0.2, -0.15) is 0 Å². The van der Waals surface area contributed by atoms with Gasteiger partial charge in [0.15, 0.2) is 0 Å². The predicted octanol–water partition coefficient (Wildman–Crippen LogP) is 1.96. The van der Waals surface area contributed by atoms with Crippen LogP contribution in [-0.4, -0.2) is 12.3 Å². The van der Waals surface area contributed by atoms with Crippen molar-refractivity contribution in [2.75, 3.05) is 6.54 Å².